The number of carbonyl (C=O) groups is 1. The normalized spacial score (nSPS) is 15.4. The molecule has 0 aliphatic carbocycles. The lowest BCUT2D eigenvalue weighted by Gasteiger charge is -2.32. The van der Waals surface area contributed by atoms with Crippen LogP contribution in [-0.2, 0) is 11.2 Å². The van der Waals surface area contributed by atoms with Crippen molar-refractivity contribution in [3.05, 3.63) is 28.8 Å². The third kappa shape index (κ3) is 8.96. The molecule has 1 amide bonds. The standard InChI is InChI=1S/C20H32ClN5O2.HI/c1-4-23-20(24-10-7-15-5-6-17(28-3)13-18(15)21)25-16-8-11-26(12-9-16)14-19(27)22-2;/h5-6,13,16H,4,7-12,14H2,1-3H3,(H,22,27)(H2,23,24,25);1H. The lowest BCUT2D eigenvalue weighted by molar-refractivity contribution is -0.122. The predicted molar refractivity (Wildman–Crippen MR) is 130 cm³/mol. The molecule has 0 bridgehead atoms. The van der Waals surface area contributed by atoms with Crippen LogP contribution in [0.5, 0.6) is 5.75 Å². The molecular weight excluding hydrogens is 505 g/mol. The zero-order valence-corrected chi connectivity index (χ0v) is 20.5. The summed E-state index contributed by atoms with van der Waals surface area (Å²) in [6, 6.07) is 6.10. The van der Waals surface area contributed by atoms with Crippen molar-refractivity contribution < 1.29 is 9.53 Å². The van der Waals surface area contributed by atoms with Crippen LogP contribution in [0.4, 0.5) is 0 Å². The summed E-state index contributed by atoms with van der Waals surface area (Å²) >= 11 is 6.31. The highest BCUT2D eigenvalue weighted by Crippen LogP contribution is 2.22. The molecule has 0 radical (unpaired) electrons. The maximum absolute atomic E-state index is 11.5. The van der Waals surface area contributed by atoms with Gasteiger partial charge in [-0.2, -0.15) is 0 Å². The molecule has 0 aromatic heterocycles. The van der Waals surface area contributed by atoms with Crippen LogP contribution < -0.4 is 20.7 Å². The Hall–Kier alpha value is -1.26. The predicted octanol–water partition coefficient (Wildman–Crippen LogP) is 2.27. The van der Waals surface area contributed by atoms with E-state index in [-0.39, 0.29) is 29.9 Å². The molecule has 7 nitrogen and oxygen atoms in total. The van der Waals surface area contributed by atoms with Gasteiger partial charge in [0.25, 0.3) is 0 Å². The number of methoxy groups -OCH3 is 1. The van der Waals surface area contributed by atoms with Gasteiger partial charge in [0.2, 0.25) is 5.91 Å². The van der Waals surface area contributed by atoms with Crippen LogP contribution in [0.15, 0.2) is 23.2 Å². The fourth-order valence-electron chi connectivity index (χ4n) is 3.18. The number of piperidine rings is 1. The molecule has 29 heavy (non-hydrogen) atoms. The first kappa shape index (κ1) is 25.8. The Bertz CT molecular complexity index is 666. The van der Waals surface area contributed by atoms with E-state index >= 15 is 0 Å². The fourth-order valence-corrected chi connectivity index (χ4v) is 3.44. The minimum atomic E-state index is 0. The third-order valence-electron chi connectivity index (χ3n) is 4.83. The summed E-state index contributed by atoms with van der Waals surface area (Å²) in [5, 5.41) is 10.2. The van der Waals surface area contributed by atoms with Crippen LogP contribution in [-0.4, -0.2) is 69.7 Å². The lowest BCUT2D eigenvalue weighted by Crippen LogP contribution is -2.50. The van der Waals surface area contributed by atoms with E-state index < -0.39 is 0 Å². The number of carbonyl (C=O) groups excluding carboxylic acids is 1. The van der Waals surface area contributed by atoms with Crippen molar-refractivity contribution in [3.63, 3.8) is 0 Å². The number of halogens is 2. The van der Waals surface area contributed by atoms with Gasteiger partial charge in [0.05, 0.1) is 13.7 Å². The van der Waals surface area contributed by atoms with Crippen molar-refractivity contribution in [1.82, 2.24) is 20.9 Å². The minimum absolute atomic E-state index is 0. The SMILES string of the molecule is CCNC(=NCCc1ccc(OC)cc1Cl)NC1CCN(CC(=O)NC)CC1.I. The number of aliphatic imine (C=N–C) groups is 1. The number of hydrogen-bond acceptors (Lipinski definition) is 4. The molecule has 0 atom stereocenters. The number of ether oxygens (including phenoxy) is 1. The van der Waals surface area contributed by atoms with Crippen LogP contribution >= 0.6 is 35.6 Å². The quantitative estimate of drug-likeness (QED) is 0.269. The molecule has 164 valence electrons. The van der Waals surface area contributed by atoms with E-state index in [9.17, 15) is 4.79 Å². The van der Waals surface area contributed by atoms with E-state index in [0.29, 0.717) is 24.2 Å². The summed E-state index contributed by atoms with van der Waals surface area (Å²) in [6.45, 7) is 5.81. The molecule has 1 aromatic carbocycles. The Morgan fingerprint density at radius 1 is 1.34 bits per heavy atom. The van der Waals surface area contributed by atoms with Gasteiger partial charge in [-0.05, 0) is 43.9 Å². The van der Waals surface area contributed by atoms with E-state index in [1.165, 1.54) is 0 Å². The van der Waals surface area contributed by atoms with Gasteiger partial charge in [0, 0.05) is 44.3 Å². The van der Waals surface area contributed by atoms with Crippen molar-refractivity contribution in [2.24, 2.45) is 4.99 Å². The molecule has 9 heteroatoms. The molecule has 3 N–H and O–H groups in total. The van der Waals surface area contributed by atoms with Gasteiger partial charge in [-0.3, -0.25) is 14.7 Å². The molecular formula is C20H33ClIN5O2. The largest absolute Gasteiger partial charge is 0.497 e. The zero-order valence-electron chi connectivity index (χ0n) is 17.5. The van der Waals surface area contributed by atoms with Gasteiger partial charge in [0.1, 0.15) is 5.75 Å². The Morgan fingerprint density at radius 3 is 2.66 bits per heavy atom. The topological polar surface area (TPSA) is 78.0 Å². The highest BCUT2D eigenvalue weighted by Gasteiger charge is 2.21. The summed E-state index contributed by atoms with van der Waals surface area (Å²) in [5.41, 5.74) is 1.06. The second-order valence-electron chi connectivity index (χ2n) is 6.84. The van der Waals surface area contributed by atoms with Crippen molar-refractivity contribution in [1.29, 1.82) is 0 Å². The number of hydrogen-bond donors (Lipinski definition) is 3. The number of likely N-dealkylation sites (tertiary alicyclic amines) is 1. The fraction of sp³-hybridized carbons (Fsp3) is 0.600. The van der Waals surface area contributed by atoms with E-state index in [4.69, 9.17) is 21.3 Å². The second kappa shape index (κ2) is 13.9. The van der Waals surface area contributed by atoms with Crippen LogP contribution in [0.2, 0.25) is 5.02 Å². The van der Waals surface area contributed by atoms with Crippen LogP contribution in [0.3, 0.4) is 0 Å². The first-order valence-corrected chi connectivity index (χ1v) is 10.2. The molecule has 1 saturated heterocycles. The smallest absolute Gasteiger partial charge is 0.233 e. The number of guanidine groups is 1. The highest BCUT2D eigenvalue weighted by molar-refractivity contribution is 14.0. The summed E-state index contributed by atoms with van der Waals surface area (Å²) in [6.07, 6.45) is 2.75. The molecule has 2 rings (SSSR count). The number of likely N-dealkylation sites (N-methyl/N-ethyl adjacent to an activating group) is 1. The summed E-state index contributed by atoms with van der Waals surface area (Å²) in [5.74, 6) is 1.66. The van der Waals surface area contributed by atoms with Crippen LogP contribution in [0.1, 0.15) is 25.3 Å². The van der Waals surface area contributed by atoms with Gasteiger partial charge >= 0.3 is 0 Å². The Balaban J connectivity index is 0.00000420. The molecule has 1 aliphatic heterocycles. The number of rotatable bonds is 8. The van der Waals surface area contributed by atoms with E-state index in [1.54, 1.807) is 14.2 Å². The number of amides is 1. The van der Waals surface area contributed by atoms with Gasteiger partial charge in [0.15, 0.2) is 5.96 Å². The molecule has 1 aliphatic rings. The van der Waals surface area contributed by atoms with E-state index in [1.807, 2.05) is 18.2 Å². The monoisotopic (exact) mass is 537 g/mol. The lowest BCUT2D eigenvalue weighted by atomic mass is 10.1. The average molecular weight is 538 g/mol. The summed E-state index contributed by atoms with van der Waals surface area (Å²) < 4.78 is 5.19. The average Bonchev–Trinajstić information content (AvgIpc) is 2.70. The maximum Gasteiger partial charge on any atom is 0.233 e. The molecule has 1 aromatic rings. The van der Waals surface area contributed by atoms with Crippen LogP contribution in [0, 0.1) is 0 Å². The molecule has 1 heterocycles. The van der Waals surface area contributed by atoms with E-state index in [2.05, 4.69) is 27.8 Å². The zero-order chi connectivity index (χ0) is 20.4. The van der Waals surface area contributed by atoms with Crippen molar-refractivity contribution in [3.8, 4) is 5.75 Å². The van der Waals surface area contributed by atoms with Crippen molar-refractivity contribution in [2.75, 3.05) is 46.9 Å². The number of benzene rings is 1. The second-order valence-corrected chi connectivity index (χ2v) is 7.24. The highest BCUT2D eigenvalue weighted by atomic mass is 127. The Morgan fingerprint density at radius 2 is 2.07 bits per heavy atom. The van der Waals surface area contributed by atoms with Crippen molar-refractivity contribution >= 4 is 47.4 Å². The third-order valence-corrected chi connectivity index (χ3v) is 5.18. The van der Waals surface area contributed by atoms with E-state index in [0.717, 1.165) is 56.2 Å². The summed E-state index contributed by atoms with van der Waals surface area (Å²) in [7, 11) is 3.31. The van der Waals surface area contributed by atoms with Gasteiger partial charge < -0.3 is 20.7 Å². The van der Waals surface area contributed by atoms with Gasteiger partial charge in [-0.15, -0.1) is 24.0 Å². The molecule has 0 spiro atoms. The summed E-state index contributed by atoms with van der Waals surface area (Å²) in [4.78, 5) is 18.4. The minimum Gasteiger partial charge on any atom is -0.497 e. The number of nitrogens with zero attached hydrogens (tertiary/aromatic N) is 2. The maximum atomic E-state index is 11.5. The molecule has 0 saturated carbocycles. The number of nitrogens with one attached hydrogen (secondary N) is 3. The van der Waals surface area contributed by atoms with Gasteiger partial charge in [-0.1, -0.05) is 17.7 Å². The Kier molecular flexibility index (Phi) is 12.3. The van der Waals surface area contributed by atoms with Crippen molar-refractivity contribution in [2.45, 2.75) is 32.2 Å². The first-order chi connectivity index (χ1) is 13.5. The molecule has 1 fully saturated rings. The first-order valence-electron chi connectivity index (χ1n) is 9.85. The van der Waals surface area contributed by atoms with Gasteiger partial charge in [-0.25, -0.2) is 0 Å². The Labute approximate surface area is 196 Å². The van der Waals surface area contributed by atoms with Crippen LogP contribution in [0.25, 0.3) is 0 Å². The molecule has 0 unspecified atom stereocenters.